The number of rotatable bonds is 6. The van der Waals surface area contributed by atoms with E-state index in [-0.39, 0.29) is 38.9 Å². The van der Waals surface area contributed by atoms with Crippen LogP contribution >= 0.6 is 39.1 Å². The van der Waals surface area contributed by atoms with Gasteiger partial charge in [0.2, 0.25) is 0 Å². The molecule has 7 aromatic heterocycles. The third-order valence-corrected chi connectivity index (χ3v) is 17.8. The molecule has 0 amide bonds. The lowest BCUT2D eigenvalue weighted by Crippen LogP contribution is -2.53. The van der Waals surface area contributed by atoms with Crippen LogP contribution in [0.2, 0.25) is 10.3 Å². The molecule has 3 N–H and O–H groups in total. The third kappa shape index (κ3) is 13.5. The number of pyridine rings is 3. The molecule has 2 aliphatic rings. The van der Waals surface area contributed by atoms with E-state index in [1.54, 1.807) is 109 Å². The predicted octanol–water partition coefficient (Wildman–Crippen LogP) is 10.1. The van der Waals surface area contributed by atoms with Crippen LogP contribution in [0, 0.1) is 19.3 Å². The Morgan fingerprint density at radius 1 is 0.651 bits per heavy atom. The molecule has 25 heteroatoms. The van der Waals surface area contributed by atoms with Gasteiger partial charge in [-0.3, -0.25) is 29.2 Å². The fraction of sp³-hybridized carbons (Fsp3) is 0.393. The van der Waals surface area contributed by atoms with Crippen molar-refractivity contribution in [2.45, 2.75) is 125 Å². The Morgan fingerprint density at radius 2 is 1.15 bits per heavy atom. The Morgan fingerprint density at radius 3 is 1.71 bits per heavy atom. The van der Waals surface area contributed by atoms with Crippen LogP contribution in [0.4, 0.5) is 0 Å². The lowest BCUT2D eigenvalue weighted by atomic mass is 9.76. The van der Waals surface area contributed by atoms with Gasteiger partial charge in [0.15, 0.2) is 21.6 Å². The Bertz CT molecular complexity index is 4270. The molecule has 10 aromatic rings. The van der Waals surface area contributed by atoms with Gasteiger partial charge in [-0.25, -0.2) is 24.6 Å². The molecule has 0 bridgehead atoms. The summed E-state index contributed by atoms with van der Waals surface area (Å²) < 4.78 is 19.6. The first-order valence-electron chi connectivity index (χ1n) is 27.6. The number of hydroxylamine groups is 1. The van der Waals surface area contributed by atoms with Gasteiger partial charge in [-0.05, 0) is 142 Å². The first kappa shape index (κ1) is 65.2. The van der Waals surface area contributed by atoms with Gasteiger partial charge >= 0.3 is 7.12 Å². The maximum Gasteiger partial charge on any atom is 0.495 e. The molecule has 2 aliphatic heterocycles. The number of benzene rings is 3. The standard InChI is InChI=1S/C16H20BNO3.C16H12ClN5O.C13H28N2O3.C10H8BrNO.C6H5ClN4/c1-15(2)16(3,4)21-17(20-15)13-8-6-7-12-11(13)9-10-18(5)14(12)19;1-9-14(17)20-12-8-18-22(15(12)19-9)13-5-3-4-11-10(13)6-7-21(2)16(11)23;1-10(2)9-15(18-12(10,5)6)14-17-13(7,8)11(3,4)16;1-12-6-5-7-8(10(12)13)3-2-4-9(7)11;1-3-5(7)10-4-2-8-11-6(4)9-3/h6-10H,1-5H3;3-8H,1-2H3;14,16H,9H2,1-8H3;2-6H,1H3;2H,1H3,(H,8,9,11). The highest BCUT2D eigenvalue weighted by molar-refractivity contribution is 9.10. The van der Waals surface area contributed by atoms with E-state index in [1.165, 1.54) is 0 Å². The number of nitrogens with one attached hydrogen (secondary N) is 2. The van der Waals surface area contributed by atoms with Gasteiger partial charge in [0.1, 0.15) is 16.6 Å². The Kier molecular flexibility index (Phi) is 18.8. The second-order valence-corrected chi connectivity index (χ2v) is 26.0. The highest BCUT2D eigenvalue weighted by Gasteiger charge is 2.52. The molecule has 0 unspecified atom stereocenters. The average molecular weight is 1280 g/mol. The summed E-state index contributed by atoms with van der Waals surface area (Å²) in [5, 5.41) is 28.0. The lowest BCUT2D eigenvalue weighted by Gasteiger charge is -2.37. The van der Waals surface area contributed by atoms with Crippen LogP contribution < -0.4 is 27.7 Å². The number of nitrogens with zero attached hydrogens (tertiary/aromatic N) is 11. The molecule has 0 aliphatic carbocycles. The number of hydrogen-bond acceptors (Lipinski definition) is 16. The minimum Gasteiger partial charge on any atom is -0.399 e. The topological polar surface area (TPSA) is 236 Å². The number of aliphatic hydroxyl groups is 1. The van der Waals surface area contributed by atoms with E-state index in [2.05, 4.69) is 84.4 Å². The Labute approximate surface area is 516 Å². The molecule has 86 heavy (non-hydrogen) atoms. The van der Waals surface area contributed by atoms with Crippen LogP contribution in [0.3, 0.4) is 0 Å². The zero-order valence-corrected chi connectivity index (χ0v) is 54.6. The summed E-state index contributed by atoms with van der Waals surface area (Å²) >= 11 is 15.2. The zero-order chi connectivity index (χ0) is 63.2. The number of fused-ring (bicyclic) bond motifs is 5. The molecule has 0 atom stereocenters. The summed E-state index contributed by atoms with van der Waals surface area (Å²) in [6, 6.07) is 22.6. The van der Waals surface area contributed by atoms with Gasteiger partial charge in [-0.15, -0.1) is 5.59 Å². The van der Waals surface area contributed by atoms with Gasteiger partial charge in [-0.1, -0.05) is 82.4 Å². The van der Waals surface area contributed by atoms with Gasteiger partial charge < -0.3 is 28.1 Å². The number of aromatic amines is 1. The predicted molar refractivity (Wildman–Crippen MR) is 343 cm³/mol. The van der Waals surface area contributed by atoms with E-state index < -0.39 is 18.3 Å². The van der Waals surface area contributed by atoms with E-state index in [1.807, 2.05) is 108 Å². The van der Waals surface area contributed by atoms with Crippen LogP contribution in [0.25, 0.3) is 60.3 Å². The van der Waals surface area contributed by atoms with E-state index in [9.17, 15) is 19.5 Å². The van der Waals surface area contributed by atoms with Gasteiger partial charge in [-0.2, -0.15) is 10.2 Å². The van der Waals surface area contributed by atoms with Gasteiger partial charge in [0.05, 0.1) is 58.4 Å². The number of H-pyrrole nitrogens is 1. The highest BCUT2D eigenvalue weighted by atomic mass is 79.9. The molecule has 9 heterocycles. The van der Waals surface area contributed by atoms with Crippen molar-refractivity contribution in [3.63, 3.8) is 0 Å². The molecule has 0 radical (unpaired) electrons. The van der Waals surface area contributed by atoms with Crippen molar-refractivity contribution in [3.05, 3.63) is 161 Å². The van der Waals surface area contributed by atoms with Gasteiger partial charge in [0.25, 0.3) is 16.7 Å². The second kappa shape index (κ2) is 24.8. The summed E-state index contributed by atoms with van der Waals surface area (Å²) in [7, 11) is 4.78. The van der Waals surface area contributed by atoms with Crippen LogP contribution in [0.1, 0.15) is 94.5 Å². The van der Waals surface area contributed by atoms with Crippen molar-refractivity contribution in [2.24, 2.45) is 26.6 Å². The van der Waals surface area contributed by atoms with E-state index in [0.717, 1.165) is 37.2 Å². The maximum atomic E-state index is 12.3. The van der Waals surface area contributed by atoms with Gasteiger partial charge in [0, 0.05) is 76.6 Å². The molecule has 3 aromatic carbocycles. The minimum atomic E-state index is -0.954. The summed E-state index contributed by atoms with van der Waals surface area (Å²) in [5.74, 6) is 0. The van der Waals surface area contributed by atoms with Crippen molar-refractivity contribution in [1.82, 2.24) is 64.4 Å². The van der Waals surface area contributed by atoms with Crippen LogP contribution in [-0.2, 0) is 40.1 Å². The Balaban J connectivity index is 0.000000143. The zero-order valence-electron chi connectivity index (χ0n) is 51.5. The normalized spacial score (nSPS) is 16.1. The number of aromatic nitrogens is 11. The molecule has 21 nitrogen and oxygen atoms in total. The largest absolute Gasteiger partial charge is 0.495 e. The molecule has 12 rings (SSSR count). The van der Waals surface area contributed by atoms with Crippen LogP contribution in [0.15, 0.2) is 123 Å². The van der Waals surface area contributed by atoms with E-state index in [4.69, 9.17) is 42.2 Å². The van der Waals surface area contributed by atoms with Crippen molar-refractivity contribution in [2.75, 3.05) is 6.54 Å². The number of hydrogen-bond donors (Lipinski definition) is 3. The number of hydrazine groups is 1. The first-order chi connectivity index (χ1) is 40.0. The SMILES string of the molecule is CC(C)(O)C(C)(C)ONN1CC(C)(C)C(C)(C)O1.Cc1nc2[nH]ncc2nc1Cl.Cc1nc2c(cnn2-c2cccc3c(=O)n(C)ccc23)nc1Cl.Cn1ccc2c(B3OC(C)(C)C(C)(C)O3)cccc2c1=O.Cn1ccc2c(Br)cccc2c1=O. The molecule has 454 valence electrons. The lowest BCUT2D eigenvalue weighted by molar-refractivity contribution is -0.319. The Hall–Kier alpha value is -6.77. The molecule has 2 saturated heterocycles. The first-order valence-corrected chi connectivity index (χ1v) is 29.2. The number of halogens is 3. The monoisotopic (exact) mass is 1280 g/mol. The molecule has 0 saturated carbocycles. The fourth-order valence-corrected chi connectivity index (χ4v) is 9.46. The molecule has 0 spiro atoms. The second-order valence-electron chi connectivity index (χ2n) is 24.4. The highest BCUT2D eigenvalue weighted by Crippen LogP contribution is 2.41. The van der Waals surface area contributed by atoms with Crippen LogP contribution in [0.5, 0.6) is 0 Å². The minimum absolute atomic E-state index is 0.00846. The van der Waals surface area contributed by atoms with Crippen molar-refractivity contribution in [1.29, 1.82) is 0 Å². The summed E-state index contributed by atoms with van der Waals surface area (Å²) in [5.41, 5.74) is 5.70. The van der Waals surface area contributed by atoms with Crippen molar-refractivity contribution < 1.29 is 24.1 Å². The average Bonchev–Trinajstić information content (AvgIpc) is 1.63. The molecular weight excluding hydrogens is 1200 g/mol. The summed E-state index contributed by atoms with van der Waals surface area (Å²) in [4.78, 5) is 64.4. The fourth-order valence-electron chi connectivity index (χ4n) is 8.70. The maximum absolute atomic E-state index is 12.3. The quantitative estimate of drug-likeness (QED) is 0.104. The molecule has 2 fully saturated rings. The van der Waals surface area contributed by atoms with E-state index >= 15 is 0 Å². The summed E-state index contributed by atoms with van der Waals surface area (Å²) in [6.07, 6.45) is 8.50. The number of aryl methyl sites for hydroxylation is 5. The molecular formula is C61H73BBrCl2N13O8. The van der Waals surface area contributed by atoms with Crippen molar-refractivity contribution >= 4 is 106 Å². The third-order valence-electron chi connectivity index (χ3n) is 16.4. The summed E-state index contributed by atoms with van der Waals surface area (Å²) in [6.45, 7) is 27.9. The van der Waals surface area contributed by atoms with E-state index in [0.29, 0.717) is 61.3 Å². The van der Waals surface area contributed by atoms with Crippen LogP contribution in [-0.4, -0.2) is 106 Å². The smallest absolute Gasteiger partial charge is 0.399 e. The van der Waals surface area contributed by atoms with Crippen molar-refractivity contribution in [3.8, 4) is 5.69 Å².